The second-order valence-electron chi connectivity index (χ2n) is 5.54. The Balaban J connectivity index is 2.13. The number of unbranched alkanes of at least 4 members (excludes halogenated alkanes) is 2. The van der Waals surface area contributed by atoms with Crippen molar-refractivity contribution in [2.45, 2.75) is 52.0 Å². The predicted octanol–water partition coefficient (Wildman–Crippen LogP) is 1.39. The highest BCUT2D eigenvalue weighted by molar-refractivity contribution is 5.78. The Morgan fingerprint density at radius 1 is 1.50 bits per heavy atom. The van der Waals surface area contributed by atoms with E-state index >= 15 is 0 Å². The van der Waals surface area contributed by atoms with E-state index in [1.165, 1.54) is 19.3 Å². The molecule has 4 heteroatoms. The highest BCUT2D eigenvalue weighted by atomic mass is 16.3. The molecule has 0 radical (unpaired) electrons. The van der Waals surface area contributed by atoms with Gasteiger partial charge in [0.1, 0.15) is 0 Å². The Morgan fingerprint density at radius 3 is 2.89 bits per heavy atom. The first-order chi connectivity index (χ1) is 8.65. The first kappa shape index (κ1) is 15.4. The molecule has 0 saturated carbocycles. The van der Waals surface area contributed by atoms with E-state index in [1.807, 2.05) is 0 Å². The number of rotatable bonds is 8. The lowest BCUT2D eigenvalue weighted by Gasteiger charge is -2.18. The van der Waals surface area contributed by atoms with E-state index in [4.69, 9.17) is 5.11 Å². The minimum Gasteiger partial charge on any atom is -0.396 e. The summed E-state index contributed by atoms with van der Waals surface area (Å²) in [5.74, 6) is 0.484. The van der Waals surface area contributed by atoms with Crippen LogP contribution in [0.3, 0.4) is 0 Å². The Morgan fingerprint density at radius 2 is 2.28 bits per heavy atom. The summed E-state index contributed by atoms with van der Waals surface area (Å²) < 4.78 is 0. The molecule has 106 valence electrons. The Labute approximate surface area is 111 Å². The quantitative estimate of drug-likeness (QED) is 0.645. The average Bonchev–Trinajstić information content (AvgIpc) is 2.76. The normalized spacial score (nSPS) is 22.1. The molecule has 0 aliphatic carbocycles. The Bertz CT molecular complexity index is 246. The number of carbonyl (C=O) groups excluding carboxylic acids is 1. The van der Waals surface area contributed by atoms with Gasteiger partial charge in [-0.1, -0.05) is 26.2 Å². The lowest BCUT2D eigenvalue weighted by atomic mass is 10.1. The van der Waals surface area contributed by atoms with Crippen LogP contribution in [0.4, 0.5) is 0 Å². The highest BCUT2D eigenvalue weighted by Gasteiger charge is 2.23. The first-order valence-electron chi connectivity index (χ1n) is 7.28. The lowest BCUT2D eigenvalue weighted by Crippen LogP contribution is -2.40. The Kier molecular flexibility index (Phi) is 7.28. The fourth-order valence-corrected chi connectivity index (χ4v) is 2.50. The smallest absolute Gasteiger partial charge is 0.234 e. The summed E-state index contributed by atoms with van der Waals surface area (Å²) in [7, 11) is 0. The van der Waals surface area contributed by atoms with Crippen molar-refractivity contribution in [3.05, 3.63) is 0 Å². The van der Waals surface area contributed by atoms with Crippen molar-refractivity contribution in [3.63, 3.8) is 0 Å². The summed E-state index contributed by atoms with van der Waals surface area (Å²) in [4.78, 5) is 14.0. The minimum absolute atomic E-state index is 0.123. The van der Waals surface area contributed by atoms with Crippen molar-refractivity contribution in [1.29, 1.82) is 0 Å². The molecule has 1 aliphatic rings. The third kappa shape index (κ3) is 5.83. The number of hydrogen-bond acceptors (Lipinski definition) is 3. The first-order valence-corrected chi connectivity index (χ1v) is 7.28. The largest absolute Gasteiger partial charge is 0.396 e. The number of aliphatic hydroxyl groups excluding tert-OH is 1. The maximum atomic E-state index is 11.8. The van der Waals surface area contributed by atoms with Gasteiger partial charge >= 0.3 is 0 Å². The molecule has 0 spiro atoms. The van der Waals surface area contributed by atoms with Gasteiger partial charge in [0.15, 0.2) is 0 Å². The molecule has 1 aliphatic heterocycles. The van der Waals surface area contributed by atoms with E-state index < -0.39 is 0 Å². The van der Waals surface area contributed by atoms with Gasteiger partial charge in [0, 0.05) is 19.2 Å². The molecule has 1 rings (SSSR count). The van der Waals surface area contributed by atoms with Crippen LogP contribution in [0.5, 0.6) is 0 Å². The van der Waals surface area contributed by atoms with Crippen LogP contribution < -0.4 is 5.32 Å². The van der Waals surface area contributed by atoms with Crippen molar-refractivity contribution >= 4 is 5.91 Å². The topological polar surface area (TPSA) is 52.6 Å². The van der Waals surface area contributed by atoms with Crippen LogP contribution in [0.2, 0.25) is 0 Å². The van der Waals surface area contributed by atoms with Crippen molar-refractivity contribution in [2.75, 3.05) is 26.2 Å². The lowest BCUT2D eigenvalue weighted by molar-refractivity contribution is -0.122. The zero-order chi connectivity index (χ0) is 13.4. The molecule has 2 unspecified atom stereocenters. The standard InChI is InChI=1S/C14H28N2O2/c1-3-4-5-6-12(2)15-14(18)10-16-8-7-13(9-16)11-17/h12-13,17H,3-11H2,1-2H3,(H,15,18). The minimum atomic E-state index is 0.123. The molecule has 1 heterocycles. The molecule has 1 fully saturated rings. The van der Waals surface area contributed by atoms with Gasteiger partial charge in [-0.2, -0.15) is 0 Å². The predicted molar refractivity (Wildman–Crippen MR) is 73.4 cm³/mol. The fourth-order valence-electron chi connectivity index (χ4n) is 2.50. The van der Waals surface area contributed by atoms with Crippen molar-refractivity contribution < 1.29 is 9.90 Å². The van der Waals surface area contributed by atoms with E-state index in [9.17, 15) is 4.79 Å². The molecule has 2 atom stereocenters. The summed E-state index contributed by atoms with van der Waals surface area (Å²) in [5.41, 5.74) is 0. The second-order valence-corrected chi connectivity index (χ2v) is 5.54. The molecule has 2 N–H and O–H groups in total. The summed E-state index contributed by atoms with van der Waals surface area (Å²) >= 11 is 0. The molecule has 1 amide bonds. The van der Waals surface area contributed by atoms with Crippen molar-refractivity contribution in [1.82, 2.24) is 10.2 Å². The third-order valence-corrected chi connectivity index (χ3v) is 3.64. The number of nitrogens with one attached hydrogen (secondary N) is 1. The van der Waals surface area contributed by atoms with Crippen LogP contribution in [-0.2, 0) is 4.79 Å². The molecule has 1 saturated heterocycles. The van der Waals surface area contributed by atoms with E-state index in [0.717, 1.165) is 25.9 Å². The fraction of sp³-hybridized carbons (Fsp3) is 0.929. The SMILES string of the molecule is CCCCCC(C)NC(=O)CN1CCC(CO)C1. The summed E-state index contributed by atoms with van der Waals surface area (Å²) in [6.07, 6.45) is 5.73. The highest BCUT2D eigenvalue weighted by Crippen LogP contribution is 2.14. The molecular formula is C14H28N2O2. The van der Waals surface area contributed by atoms with Crippen molar-refractivity contribution in [2.24, 2.45) is 5.92 Å². The summed E-state index contributed by atoms with van der Waals surface area (Å²) in [5, 5.41) is 12.1. The van der Waals surface area contributed by atoms with Crippen molar-refractivity contribution in [3.8, 4) is 0 Å². The zero-order valence-electron chi connectivity index (χ0n) is 11.8. The molecule has 18 heavy (non-hydrogen) atoms. The van der Waals surface area contributed by atoms with Crippen LogP contribution in [0.1, 0.15) is 46.0 Å². The van der Waals surface area contributed by atoms with Crippen LogP contribution in [0, 0.1) is 5.92 Å². The van der Waals surface area contributed by atoms with Gasteiger partial charge in [0.2, 0.25) is 5.91 Å². The van der Waals surface area contributed by atoms with E-state index in [0.29, 0.717) is 12.5 Å². The van der Waals surface area contributed by atoms with Gasteiger partial charge in [0.25, 0.3) is 0 Å². The molecule has 0 aromatic carbocycles. The van der Waals surface area contributed by atoms with Gasteiger partial charge in [-0.05, 0) is 32.2 Å². The number of likely N-dealkylation sites (tertiary alicyclic amines) is 1. The van der Waals surface area contributed by atoms with Gasteiger partial charge in [-0.25, -0.2) is 0 Å². The number of aliphatic hydroxyl groups is 1. The molecule has 0 bridgehead atoms. The van der Waals surface area contributed by atoms with E-state index in [1.54, 1.807) is 0 Å². The summed E-state index contributed by atoms with van der Waals surface area (Å²) in [6, 6.07) is 0.278. The van der Waals surface area contributed by atoms with E-state index in [-0.39, 0.29) is 18.6 Å². The van der Waals surface area contributed by atoms with Crippen LogP contribution >= 0.6 is 0 Å². The van der Waals surface area contributed by atoms with Gasteiger partial charge in [-0.3, -0.25) is 9.69 Å². The molecule has 4 nitrogen and oxygen atoms in total. The van der Waals surface area contributed by atoms with Crippen LogP contribution in [0.25, 0.3) is 0 Å². The van der Waals surface area contributed by atoms with E-state index in [2.05, 4.69) is 24.1 Å². The Hall–Kier alpha value is -0.610. The molecular weight excluding hydrogens is 228 g/mol. The third-order valence-electron chi connectivity index (χ3n) is 3.64. The summed E-state index contributed by atoms with van der Waals surface area (Å²) in [6.45, 7) is 6.78. The second kappa shape index (κ2) is 8.48. The van der Waals surface area contributed by atoms with Crippen LogP contribution in [-0.4, -0.2) is 48.2 Å². The maximum absolute atomic E-state index is 11.8. The molecule has 0 aromatic heterocycles. The maximum Gasteiger partial charge on any atom is 0.234 e. The monoisotopic (exact) mass is 256 g/mol. The van der Waals surface area contributed by atoms with Gasteiger partial charge in [-0.15, -0.1) is 0 Å². The molecule has 0 aromatic rings. The number of carbonyl (C=O) groups is 1. The number of amides is 1. The average molecular weight is 256 g/mol. The number of nitrogens with zero attached hydrogens (tertiary/aromatic N) is 1. The van der Waals surface area contributed by atoms with Crippen LogP contribution in [0.15, 0.2) is 0 Å². The van der Waals surface area contributed by atoms with Gasteiger partial charge in [0.05, 0.1) is 6.54 Å². The number of hydrogen-bond donors (Lipinski definition) is 2. The van der Waals surface area contributed by atoms with Gasteiger partial charge < -0.3 is 10.4 Å². The zero-order valence-corrected chi connectivity index (χ0v) is 11.8.